The Kier molecular flexibility index (Phi) is 4.13. The number of esters is 2. The minimum atomic E-state index is -0.715. The van der Waals surface area contributed by atoms with Crippen LogP contribution in [-0.2, 0) is 23.8 Å². The highest BCUT2D eigenvalue weighted by Crippen LogP contribution is 2.63. The molecule has 5 nitrogen and oxygen atoms in total. The number of ether oxygens (including phenoxy) is 3. The number of carbonyl (C=O) groups excluding carboxylic acids is 2. The predicted octanol–water partition coefficient (Wildman–Crippen LogP) is 3.38. The average molecular weight is 344 g/mol. The van der Waals surface area contributed by atoms with Crippen molar-refractivity contribution in [3.63, 3.8) is 0 Å². The molecule has 4 rings (SSSR count). The summed E-state index contributed by atoms with van der Waals surface area (Å²) >= 11 is 0. The number of hydrogen-bond acceptors (Lipinski definition) is 5. The van der Waals surface area contributed by atoms with Crippen molar-refractivity contribution in [1.82, 2.24) is 0 Å². The van der Waals surface area contributed by atoms with Crippen LogP contribution in [0.25, 0.3) is 0 Å². The second-order valence-corrected chi connectivity index (χ2v) is 7.58. The van der Waals surface area contributed by atoms with Crippen LogP contribution >= 0.6 is 0 Å². The molecule has 0 spiro atoms. The number of allylic oxidation sites excluding steroid dienone is 1. The zero-order valence-electron chi connectivity index (χ0n) is 14.4. The van der Waals surface area contributed by atoms with Gasteiger partial charge in [0, 0.05) is 31.4 Å². The highest BCUT2D eigenvalue weighted by molar-refractivity contribution is 5.82. The molecule has 4 aliphatic carbocycles. The number of hydrogen-bond donors (Lipinski definition) is 0. The molecule has 0 amide bonds. The van der Waals surface area contributed by atoms with Crippen molar-refractivity contribution in [3.8, 4) is 0 Å². The first-order valence-corrected chi connectivity index (χ1v) is 8.48. The highest BCUT2D eigenvalue weighted by atomic mass is 16.6. The maximum absolute atomic E-state index is 11.9. The van der Waals surface area contributed by atoms with Crippen molar-refractivity contribution < 1.29 is 23.8 Å². The van der Waals surface area contributed by atoms with Gasteiger partial charge in [0.05, 0.1) is 0 Å². The molecule has 0 aromatic heterocycles. The van der Waals surface area contributed by atoms with Crippen LogP contribution < -0.4 is 0 Å². The molecule has 4 saturated carbocycles. The molecule has 0 aromatic carbocycles. The molecule has 5 heteroatoms. The van der Waals surface area contributed by atoms with Gasteiger partial charge in [-0.3, -0.25) is 0 Å². The van der Waals surface area contributed by atoms with Crippen LogP contribution in [0.4, 0.5) is 0 Å². The summed E-state index contributed by atoms with van der Waals surface area (Å²) in [4.78, 5) is 23.8. The Balaban J connectivity index is 1.97. The van der Waals surface area contributed by atoms with Gasteiger partial charge in [-0.15, -0.1) is 0 Å². The van der Waals surface area contributed by atoms with Gasteiger partial charge in [-0.1, -0.05) is 26.3 Å². The van der Waals surface area contributed by atoms with Gasteiger partial charge in [-0.25, -0.2) is 9.59 Å². The first-order valence-electron chi connectivity index (χ1n) is 8.48. The summed E-state index contributed by atoms with van der Waals surface area (Å²) in [7, 11) is 0. The summed E-state index contributed by atoms with van der Waals surface area (Å²) in [5.74, 6) is -0.226. The Morgan fingerprint density at radius 2 is 1.16 bits per heavy atom. The van der Waals surface area contributed by atoms with Gasteiger partial charge in [0.25, 0.3) is 0 Å². The third-order valence-corrected chi connectivity index (χ3v) is 5.46. The Bertz CT molecular complexity index is 563. The summed E-state index contributed by atoms with van der Waals surface area (Å²) < 4.78 is 17.7. The molecular weight excluding hydrogens is 320 g/mol. The molecule has 0 radical (unpaired) electrons. The van der Waals surface area contributed by atoms with Crippen molar-refractivity contribution in [2.45, 2.75) is 55.3 Å². The van der Waals surface area contributed by atoms with E-state index in [4.69, 9.17) is 14.2 Å². The smallest absolute Gasteiger partial charge is 0.330 e. The summed E-state index contributed by atoms with van der Waals surface area (Å²) in [6, 6.07) is 0. The van der Waals surface area contributed by atoms with Gasteiger partial charge in [-0.05, 0) is 31.3 Å². The molecule has 4 fully saturated rings. The lowest BCUT2D eigenvalue weighted by Gasteiger charge is -2.63. The van der Waals surface area contributed by atoms with Crippen LogP contribution in [0.3, 0.4) is 0 Å². The Labute approximate surface area is 148 Å². The van der Waals surface area contributed by atoms with Gasteiger partial charge in [0.2, 0.25) is 0 Å². The normalized spacial score (nSPS) is 37.7. The maximum Gasteiger partial charge on any atom is 0.330 e. The minimum Gasteiger partial charge on any atom is -0.488 e. The topological polar surface area (TPSA) is 61.8 Å². The lowest BCUT2D eigenvalue weighted by atomic mass is 9.50. The summed E-state index contributed by atoms with van der Waals surface area (Å²) in [5, 5.41) is 0. The SMILES string of the molecule is C=CC(=C)OC12CC3CC(OC(=O)C=C)(C1)CC(OC(=O)C=C)(C3)C2. The molecule has 0 heterocycles. The van der Waals surface area contributed by atoms with Gasteiger partial charge in [-0.2, -0.15) is 0 Å². The molecule has 134 valence electrons. The van der Waals surface area contributed by atoms with Gasteiger partial charge in [0.1, 0.15) is 22.6 Å². The highest BCUT2D eigenvalue weighted by Gasteiger charge is 2.68. The van der Waals surface area contributed by atoms with Gasteiger partial charge < -0.3 is 14.2 Å². The van der Waals surface area contributed by atoms with Crippen LogP contribution in [0.2, 0.25) is 0 Å². The minimum absolute atomic E-state index is 0.240. The monoisotopic (exact) mass is 344 g/mol. The fraction of sp³-hybridized carbons (Fsp3) is 0.500. The maximum atomic E-state index is 11.9. The first kappa shape index (κ1) is 17.5. The quantitative estimate of drug-likeness (QED) is 0.307. The van der Waals surface area contributed by atoms with Crippen LogP contribution in [0.15, 0.2) is 50.3 Å². The molecule has 25 heavy (non-hydrogen) atoms. The van der Waals surface area contributed by atoms with Crippen LogP contribution in [-0.4, -0.2) is 28.7 Å². The van der Waals surface area contributed by atoms with Gasteiger partial charge >= 0.3 is 11.9 Å². The van der Waals surface area contributed by atoms with E-state index in [9.17, 15) is 9.59 Å². The van der Waals surface area contributed by atoms with Crippen molar-refractivity contribution in [2.75, 3.05) is 0 Å². The summed E-state index contributed by atoms with van der Waals surface area (Å²) in [6.07, 6.45) is 7.77. The van der Waals surface area contributed by atoms with Gasteiger partial charge in [0.15, 0.2) is 0 Å². The molecule has 0 saturated heterocycles. The Morgan fingerprint density at radius 1 is 0.760 bits per heavy atom. The second kappa shape index (κ2) is 5.90. The Morgan fingerprint density at radius 3 is 1.52 bits per heavy atom. The van der Waals surface area contributed by atoms with Crippen molar-refractivity contribution in [2.24, 2.45) is 5.92 Å². The van der Waals surface area contributed by atoms with Crippen molar-refractivity contribution >= 4 is 11.9 Å². The van der Waals surface area contributed by atoms with E-state index in [-0.39, 0.29) is 5.92 Å². The van der Waals surface area contributed by atoms with Crippen LogP contribution in [0.1, 0.15) is 38.5 Å². The zero-order valence-corrected chi connectivity index (χ0v) is 14.4. The van der Waals surface area contributed by atoms with E-state index < -0.39 is 28.7 Å². The lowest BCUT2D eigenvalue weighted by molar-refractivity contribution is -0.267. The number of rotatable bonds is 7. The van der Waals surface area contributed by atoms with E-state index in [1.165, 1.54) is 0 Å². The standard InChI is InChI=1S/C20H24O5/c1-5-14(4)23-18-8-15-9-19(11-18,24-16(21)6-2)13-20(10-15,12-18)25-17(22)7-3/h5-7,15H,1-4,8-13H2. The fourth-order valence-corrected chi connectivity index (χ4v) is 5.35. The molecule has 0 aliphatic heterocycles. The largest absolute Gasteiger partial charge is 0.488 e. The molecule has 2 atom stereocenters. The van der Waals surface area contributed by atoms with E-state index in [1.54, 1.807) is 6.08 Å². The van der Waals surface area contributed by atoms with E-state index in [0.29, 0.717) is 25.0 Å². The molecule has 0 aromatic rings. The van der Waals surface area contributed by atoms with E-state index in [1.807, 2.05) is 0 Å². The molecule has 2 unspecified atom stereocenters. The average Bonchev–Trinajstić information content (AvgIpc) is 2.51. The Hall–Kier alpha value is -2.30. The molecule has 4 bridgehead atoms. The second-order valence-electron chi connectivity index (χ2n) is 7.58. The third-order valence-electron chi connectivity index (χ3n) is 5.46. The van der Waals surface area contributed by atoms with Crippen LogP contribution in [0.5, 0.6) is 0 Å². The van der Waals surface area contributed by atoms with E-state index in [2.05, 4.69) is 26.3 Å². The molecule has 4 aliphatic rings. The van der Waals surface area contributed by atoms with E-state index in [0.717, 1.165) is 31.4 Å². The molecule has 0 N–H and O–H groups in total. The number of carbonyl (C=O) groups is 2. The lowest BCUT2D eigenvalue weighted by Crippen LogP contribution is -2.68. The zero-order chi connectivity index (χ0) is 18.3. The summed E-state index contributed by atoms with van der Waals surface area (Å²) in [5.41, 5.74) is -2.01. The van der Waals surface area contributed by atoms with E-state index >= 15 is 0 Å². The van der Waals surface area contributed by atoms with Crippen molar-refractivity contribution in [1.29, 1.82) is 0 Å². The predicted molar refractivity (Wildman–Crippen MR) is 92.4 cm³/mol. The van der Waals surface area contributed by atoms with Crippen LogP contribution in [0, 0.1) is 5.92 Å². The fourth-order valence-electron chi connectivity index (χ4n) is 5.35. The third kappa shape index (κ3) is 3.15. The summed E-state index contributed by atoms with van der Waals surface area (Å²) in [6.45, 7) is 14.5. The molecular formula is C20H24O5. The first-order chi connectivity index (χ1) is 11.8. The van der Waals surface area contributed by atoms with Crippen molar-refractivity contribution in [3.05, 3.63) is 50.3 Å².